The quantitative estimate of drug-likeness (QED) is 0.769. The Balaban J connectivity index is 2.27. The van der Waals surface area contributed by atoms with Crippen LogP contribution in [0.1, 0.15) is 50.0 Å². The summed E-state index contributed by atoms with van der Waals surface area (Å²) in [4.78, 5) is 15.4. The Labute approximate surface area is 112 Å². The van der Waals surface area contributed by atoms with Crippen LogP contribution >= 0.6 is 0 Å². The fourth-order valence-electron chi connectivity index (χ4n) is 1.79. The molecule has 1 aromatic rings. The van der Waals surface area contributed by atoms with E-state index in [-0.39, 0.29) is 5.69 Å². The van der Waals surface area contributed by atoms with Crippen molar-refractivity contribution in [3.63, 3.8) is 0 Å². The molecule has 0 bridgehead atoms. The number of carbonyl (C=O) groups is 1. The van der Waals surface area contributed by atoms with Crippen molar-refractivity contribution < 1.29 is 19.0 Å². The molecular weight excluding hydrogens is 246 g/mol. The van der Waals surface area contributed by atoms with E-state index in [9.17, 15) is 4.79 Å². The van der Waals surface area contributed by atoms with Crippen molar-refractivity contribution in [2.75, 3.05) is 7.11 Å². The van der Waals surface area contributed by atoms with Gasteiger partial charge in [-0.3, -0.25) is 0 Å². The third kappa shape index (κ3) is 2.48. The number of esters is 1. The molecule has 104 valence electrons. The van der Waals surface area contributed by atoms with Crippen LogP contribution in [0.2, 0.25) is 0 Å². The highest BCUT2D eigenvalue weighted by atomic mass is 16.7. The molecule has 2 rings (SSSR count). The Morgan fingerprint density at radius 3 is 2.37 bits per heavy atom. The van der Waals surface area contributed by atoms with Gasteiger partial charge in [-0.2, -0.15) is 0 Å². The first-order valence-corrected chi connectivity index (χ1v) is 6.17. The zero-order valence-corrected chi connectivity index (χ0v) is 11.9. The van der Waals surface area contributed by atoms with E-state index >= 15 is 0 Å². The number of carbonyl (C=O) groups excluding carboxylic acids is 1. The van der Waals surface area contributed by atoms with Gasteiger partial charge in [-0.1, -0.05) is 0 Å². The average Bonchev–Trinajstić information content (AvgIpc) is 2.58. The Morgan fingerprint density at radius 1 is 1.26 bits per heavy atom. The van der Waals surface area contributed by atoms with E-state index in [2.05, 4.69) is 9.72 Å². The average molecular weight is 265 g/mol. The molecule has 19 heavy (non-hydrogen) atoms. The van der Waals surface area contributed by atoms with E-state index in [1.807, 2.05) is 27.7 Å². The van der Waals surface area contributed by atoms with Gasteiger partial charge in [0.1, 0.15) is 5.69 Å². The molecular formula is C14H19NO4. The second-order valence-electron chi connectivity index (χ2n) is 5.55. The summed E-state index contributed by atoms with van der Waals surface area (Å²) in [7, 11) is 1.32. The fraction of sp³-hybridized carbons (Fsp3) is 0.571. The Hall–Kier alpha value is -1.46. The van der Waals surface area contributed by atoms with Gasteiger partial charge >= 0.3 is 5.97 Å². The van der Waals surface area contributed by atoms with Crippen LogP contribution in [0.5, 0.6) is 0 Å². The van der Waals surface area contributed by atoms with Crippen molar-refractivity contribution in [3.05, 3.63) is 29.6 Å². The second kappa shape index (κ2) is 4.58. The van der Waals surface area contributed by atoms with Crippen molar-refractivity contribution in [1.82, 2.24) is 4.98 Å². The van der Waals surface area contributed by atoms with Crippen molar-refractivity contribution in [2.45, 2.75) is 45.2 Å². The van der Waals surface area contributed by atoms with Crippen molar-refractivity contribution in [1.29, 1.82) is 0 Å². The Kier molecular flexibility index (Phi) is 3.36. The molecule has 1 aliphatic heterocycles. The van der Waals surface area contributed by atoms with E-state index in [4.69, 9.17) is 9.47 Å². The minimum absolute atomic E-state index is 0.245. The molecule has 1 aromatic heterocycles. The minimum atomic E-state index is -0.503. The molecule has 0 radical (unpaired) electrons. The summed E-state index contributed by atoms with van der Waals surface area (Å²) in [6.45, 7) is 7.93. The molecule has 0 saturated carbocycles. The van der Waals surface area contributed by atoms with Gasteiger partial charge in [0.15, 0.2) is 6.29 Å². The first-order chi connectivity index (χ1) is 8.77. The van der Waals surface area contributed by atoms with Gasteiger partial charge in [-0.15, -0.1) is 0 Å². The predicted molar refractivity (Wildman–Crippen MR) is 68.6 cm³/mol. The minimum Gasteiger partial charge on any atom is -0.464 e. The molecule has 0 N–H and O–H groups in total. The Morgan fingerprint density at radius 2 is 1.84 bits per heavy atom. The number of ether oxygens (including phenoxy) is 3. The number of methoxy groups -OCH3 is 1. The van der Waals surface area contributed by atoms with Gasteiger partial charge < -0.3 is 14.2 Å². The van der Waals surface area contributed by atoms with Crippen LogP contribution in [0.25, 0.3) is 0 Å². The summed E-state index contributed by atoms with van der Waals surface area (Å²) in [5.41, 5.74) is 0.183. The van der Waals surface area contributed by atoms with Crippen LogP contribution in [-0.4, -0.2) is 29.3 Å². The zero-order valence-electron chi connectivity index (χ0n) is 11.9. The largest absolute Gasteiger partial charge is 0.464 e. The van der Waals surface area contributed by atoms with Crippen LogP contribution in [0.3, 0.4) is 0 Å². The van der Waals surface area contributed by atoms with Crippen LogP contribution in [0, 0.1) is 0 Å². The topological polar surface area (TPSA) is 57.7 Å². The molecule has 0 amide bonds. The number of pyridine rings is 1. The summed E-state index contributed by atoms with van der Waals surface area (Å²) >= 11 is 0. The van der Waals surface area contributed by atoms with Gasteiger partial charge in [0.05, 0.1) is 18.3 Å². The lowest BCUT2D eigenvalue weighted by Crippen LogP contribution is -2.41. The molecule has 0 atom stereocenters. The number of aromatic nitrogens is 1. The maximum Gasteiger partial charge on any atom is 0.356 e. The lowest BCUT2D eigenvalue weighted by atomic mass is 9.90. The number of hydrogen-bond donors (Lipinski definition) is 0. The Bertz CT molecular complexity index is 480. The molecule has 5 nitrogen and oxygen atoms in total. The van der Waals surface area contributed by atoms with E-state index < -0.39 is 23.5 Å². The van der Waals surface area contributed by atoms with Crippen molar-refractivity contribution in [2.24, 2.45) is 0 Å². The lowest BCUT2D eigenvalue weighted by Gasteiger charge is -2.30. The second-order valence-corrected chi connectivity index (χ2v) is 5.55. The highest BCUT2D eigenvalue weighted by Crippen LogP contribution is 2.44. The van der Waals surface area contributed by atoms with Crippen LogP contribution in [-0.2, 0) is 14.2 Å². The summed E-state index contributed by atoms with van der Waals surface area (Å²) in [5.74, 6) is -0.474. The molecule has 0 aromatic carbocycles. The third-order valence-electron chi connectivity index (χ3n) is 3.70. The highest BCUT2D eigenvalue weighted by molar-refractivity contribution is 5.87. The molecule has 0 spiro atoms. The number of rotatable bonds is 2. The first kappa shape index (κ1) is 14.0. The van der Waals surface area contributed by atoms with Crippen LogP contribution < -0.4 is 0 Å². The number of hydrogen-bond acceptors (Lipinski definition) is 5. The molecule has 1 aliphatic rings. The van der Waals surface area contributed by atoms with E-state index in [1.165, 1.54) is 7.11 Å². The number of nitrogens with zero attached hydrogens (tertiary/aromatic N) is 1. The smallest absolute Gasteiger partial charge is 0.356 e. The van der Waals surface area contributed by atoms with Crippen LogP contribution in [0.4, 0.5) is 0 Å². The van der Waals surface area contributed by atoms with Crippen LogP contribution in [0.15, 0.2) is 18.3 Å². The van der Waals surface area contributed by atoms with E-state index in [0.29, 0.717) is 0 Å². The maximum atomic E-state index is 11.5. The van der Waals surface area contributed by atoms with Crippen molar-refractivity contribution >= 4 is 5.97 Å². The van der Waals surface area contributed by atoms with Gasteiger partial charge in [0, 0.05) is 11.8 Å². The van der Waals surface area contributed by atoms with Gasteiger partial charge in [-0.25, -0.2) is 9.78 Å². The summed E-state index contributed by atoms with van der Waals surface area (Å²) in [5, 5.41) is 0. The SMILES string of the molecule is COC(=O)c1cc(C2OC(C)(C)C(C)(C)O2)ccn1. The molecule has 1 saturated heterocycles. The van der Waals surface area contributed by atoms with E-state index in [1.54, 1.807) is 18.3 Å². The first-order valence-electron chi connectivity index (χ1n) is 6.17. The standard InChI is InChI=1S/C14H19NO4/c1-13(2)14(3,4)19-12(18-13)9-6-7-15-10(8-9)11(16)17-5/h6-8,12H,1-5H3. The molecule has 1 fully saturated rings. The monoisotopic (exact) mass is 265 g/mol. The highest BCUT2D eigenvalue weighted by Gasteiger charge is 2.49. The van der Waals surface area contributed by atoms with Gasteiger partial charge in [0.25, 0.3) is 0 Å². The predicted octanol–water partition coefficient (Wildman–Crippen LogP) is 2.47. The zero-order chi connectivity index (χ0) is 14.3. The molecule has 2 heterocycles. The summed E-state index contributed by atoms with van der Waals surface area (Å²) < 4.78 is 16.5. The maximum absolute atomic E-state index is 11.5. The van der Waals surface area contributed by atoms with Gasteiger partial charge in [-0.05, 0) is 39.8 Å². The third-order valence-corrected chi connectivity index (χ3v) is 3.70. The molecule has 0 unspecified atom stereocenters. The van der Waals surface area contributed by atoms with Crippen molar-refractivity contribution in [3.8, 4) is 0 Å². The fourth-order valence-corrected chi connectivity index (χ4v) is 1.79. The normalized spacial score (nSPS) is 21.3. The van der Waals surface area contributed by atoms with E-state index in [0.717, 1.165) is 5.56 Å². The lowest BCUT2D eigenvalue weighted by molar-refractivity contribution is -0.0896. The molecule has 5 heteroatoms. The summed E-state index contributed by atoms with van der Waals surface area (Å²) in [6, 6.07) is 3.41. The van der Waals surface area contributed by atoms with Gasteiger partial charge in [0.2, 0.25) is 0 Å². The summed E-state index contributed by atoms with van der Waals surface area (Å²) in [6.07, 6.45) is 1.04. The molecule has 0 aliphatic carbocycles.